The second-order valence-corrected chi connectivity index (χ2v) is 3.79. The number of benzene rings is 2. The molecule has 88 valence electrons. The van der Waals surface area contributed by atoms with Crippen molar-refractivity contribution in [3.8, 4) is 17.2 Å². The van der Waals surface area contributed by atoms with Gasteiger partial charge in [0.25, 0.3) is 0 Å². The molecule has 0 aliphatic heterocycles. The molecule has 0 spiro atoms. The van der Waals surface area contributed by atoms with Crippen LogP contribution in [0.2, 0.25) is 0 Å². The number of para-hydroxylation sites is 1. The van der Waals surface area contributed by atoms with Crippen molar-refractivity contribution in [2.75, 3.05) is 7.11 Å². The Kier molecular flexibility index (Phi) is 3.89. The Labute approximate surface area is 106 Å². The first-order chi connectivity index (χ1) is 8.33. The fourth-order valence-electron chi connectivity index (χ4n) is 1.51. The van der Waals surface area contributed by atoms with Gasteiger partial charge in [0.1, 0.15) is 17.2 Å². The van der Waals surface area contributed by atoms with Gasteiger partial charge in [-0.2, -0.15) is 0 Å². The minimum atomic E-state index is 0.431. The maximum atomic E-state index is 5.85. The molecule has 0 saturated heterocycles. The van der Waals surface area contributed by atoms with E-state index < -0.39 is 0 Å². The summed E-state index contributed by atoms with van der Waals surface area (Å²) in [7, 11) is 1.63. The predicted octanol–water partition coefficient (Wildman–Crippen LogP) is 4.23. The molecule has 0 aliphatic rings. The molecule has 0 aliphatic carbocycles. The summed E-state index contributed by atoms with van der Waals surface area (Å²) in [6.45, 7) is 0. The van der Waals surface area contributed by atoms with Gasteiger partial charge in [0.05, 0.1) is 13.0 Å². The van der Waals surface area contributed by atoms with E-state index >= 15 is 0 Å². The van der Waals surface area contributed by atoms with Crippen LogP contribution < -0.4 is 9.47 Å². The van der Waals surface area contributed by atoms with Gasteiger partial charge in [-0.15, -0.1) is 11.6 Å². The molecule has 3 heteroatoms. The molecule has 2 nitrogen and oxygen atoms in total. The van der Waals surface area contributed by atoms with Crippen molar-refractivity contribution < 1.29 is 9.47 Å². The van der Waals surface area contributed by atoms with Gasteiger partial charge in [-0.05, 0) is 18.2 Å². The molecule has 0 atom stereocenters. The van der Waals surface area contributed by atoms with Crippen molar-refractivity contribution in [1.82, 2.24) is 0 Å². The van der Waals surface area contributed by atoms with Crippen LogP contribution >= 0.6 is 11.6 Å². The van der Waals surface area contributed by atoms with Crippen molar-refractivity contribution >= 4 is 11.6 Å². The average molecular weight is 249 g/mol. The molecule has 0 fully saturated rings. The van der Waals surface area contributed by atoms with Crippen LogP contribution in [-0.2, 0) is 5.88 Å². The highest BCUT2D eigenvalue weighted by molar-refractivity contribution is 6.17. The summed E-state index contributed by atoms with van der Waals surface area (Å²) < 4.78 is 10.9. The van der Waals surface area contributed by atoms with Gasteiger partial charge in [0, 0.05) is 11.6 Å². The van der Waals surface area contributed by atoms with Gasteiger partial charge in [0.2, 0.25) is 0 Å². The molecule has 0 radical (unpaired) electrons. The molecule has 2 aromatic rings. The highest BCUT2D eigenvalue weighted by Gasteiger charge is 2.03. The van der Waals surface area contributed by atoms with Gasteiger partial charge in [-0.1, -0.05) is 24.3 Å². The van der Waals surface area contributed by atoms with Crippen LogP contribution in [0.15, 0.2) is 48.5 Å². The first-order valence-corrected chi connectivity index (χ1v) is 5.82. The average Bonchev–Trinajstić information content (AvgIpc) is 2.39. The number of hydrogen-bond donors (Lipinski definition) is 0. The van der Waals surface area contributed by atoms with Crippen LogP contribution in [-0.4, -0.2) is 7.11 Å². The molecule has 0 aromatic heterocycles. The van der Waals surface area contributed by atoms with Crippen LogP contribution in [0.5, 0.6) is 17.2 Å². The zero-order chi connectivity index (χ0) is 12.1. The Balaban J connectivity index is 2.24. The Bertz CT molecular complexity index is 497. The second kappa shape index (κ2) is 5.60. The smallest absolute Gasteiger partial charge is 0.131 e. The largest absolute Gasteiger partial charge is 0.497 e. The van der Waals surface area contributed by atoms with E-state index in [4.69, 9.17) is 21.1 Å². The highest BCUT2D eigenvalue weighted by atomic mass is 35.5. The third-order valence-electron chi connectivity index (χ3n) is 2.39. The second-order valence-electron chi connectivity index (χ2n) is 3.52. The lowest BCUT2D eigenvalue weighted by Crippen LogP contribution is -1.90. The summed E-state index contributed by atoms with van der Waals surface area (Å²) in [6, 6.07) is 15.2. The van der Waals surface area contributed by atoms with E-state index in [0.717, 1.165) is 22.8 Å². The monoisotopic (exact) mass is 248 g/mol. The SMILES string of the molecule is COc1cccc(Oc2ccccc2CCl)c1. The van der Waals surface area contributed by atoms with E-state index in [-0.39, 0.29) is 0 Å². The van der Waals surface area contributed by atoms with Crippen LogP contribution in [0.25, 0.3) is 0 Å². The van der Waals surface area contributed by atoms with Crippen molar-refractivity contribution in [3.05, 3.63) is 54.1 Å². The van der Waals surface area contributed by atoms with Crippen LogP contribution in [0, 0.1) is 0 Å². The summed E-state index contributed by atoms with van der Waals surface area (Å²) >= 11 is 5.85. The van der Waals surface area contributed by atoms with Gasteiger partial charge in [-0.3, -0.25) is 0 Å². The fourth-order valence-corrected chi connectivity index (χ4v) is 1.73. The Morgan fingerprint density at radius 1 is 1.00 bits per heavy atom. The molecular formula is C14H13ClO2. The molecule has 0 amide bonds. The summed E-state index contributed by atoms with van der Waals surface area (Å²) in [5, 5.41) is 0. The van der Waals surface area contributed by atoms with E-state index in [1.807, 2.05) is 48.5 Å². The minimum absolute atomic E-state index is 0.431. The van der Waals surface area contributed by atoms with Crippen molar-refractivity contribution in [1.29, 1.82) is 0 Å². The minimum Gasteiger partial charge on any atom is -0.497 e. The number of alkyl halides is 1. The molecular weight excluding hydrogens is 236 g/mol. The molecule has 0 heterocycles. The number of methoxy groups -OCH3 is 1. The first kappa shape index (κ1) is 11.8. The third-order valence-corrected chi connectivity index (χ3v) is 2.67. The number of rotatable bonds is 4. The van der Waals surface area contributed by atoms with Gasteiger partial charge < -0.3 is 9.47 Å². The van der Waals surface area contributed by atoms with Crippen LogP contribution in [0.4, 0.5) is 0 Å². The van der Waals surface area contributed by atoms with Gasteiger partial charge in [-0.25, -0.2) is 0 Å². The third kappa shape index (κ3) is 2.92. The maximum absolute atomic E-state index is 5.85. The Morgan fingerprint density at radius 3 is 2.53 bits per heavy atom. The summed E-state index contributed by atoms with van der Waals surface area (Å²) in [6.07, 6.45) is 0. The van der Waals surface area contributed by atoms with Crippen molar-refractivity contribution in [3.63, 3.8) is 0 Å². The molecule has 2 rings (SSSR count). The lowest BCUT2D eigenvalue weighted by molar-refractivity contribution is 0.408. The number of hydrogen-bond acceptors (Lipinski definition) is 2. The lowest BCUT2D eigenvalue weighted by atomic mass is 10.2. The standard InChI is InChI=1S/C14H13ClO2/c1-16-12-6-4-7-13(9-12)17-14-8-3-2-5-11(14)10-15/h2-9H,10H2,1H3. The highest BCUT2D eigenvalue weighted by Crippen LogP contribution is 2.28. The molecule has 2 aromatic carbocycles. The quantitative estimate of drug-likeness (QED) is 0.754. The summed E-state index contributed by atoms with van der Waals surface area (Å²) in [4.78, 5) is 0. The van der Waals surface area contributed by atoms with Crippen LogP contribution in [0.1, 0.15) is 5.56 Å². The van der Waals surface area contributed by atoms with E-state index in [1.165, 1.54) is 0 Å². The zero-order valence-corrected chi connectivity index (χ0v) is 10.3. The normalized spacial score (nSPS) is 10.0. The fraction of sp³-hybridized carbons (Fsp3) is 0.143. The topological polar surface area (TPSA) is 18.5 Å². The lowest BCUT2D eigenvalue weighted by Gasteiger charge is -2.10. The predicted molar refractivity (Wildman–Crippen MR) is 69.1 cm³/mol. The van der Waals surface area contributed by atoms with Gasteiger partial charge >= 0.3 is 0 Å². The molecule has 0 N–H and O–H groups in total. The molecule has 0 saturated carbocycles. The first-order valence-electron chi connectivity index (χ1n) is 5.29. The van der Waals surface area contributed by atoms with Crippen LogP contribution in [0.3, 0.4) is 0 Å². The molecule has 0 bridgehead atoms. The van der Waals surface area contributed by atoms with E-state index in [1.54, 1.807) is 7.11 Å². The zero-order valence-electron chi connectivity index (χ0n) is 9.52. The maximum Gasteiger partial charge on any atom is 0.131 e. The summed E-state index contributed by atoms with van der Waals surface area (Å²) in [5.41, 5.74) is 0.969. The van der Waals surface area contributed by atoms with Crippen molar-refractivity contribution in [2.45, 2.75) is 5.88 Å². The van der Waals surface area contributed by atoms with E-state index in [0.29, 0.717) is 5.88 Å². The molecule has 17 heavy (non-hydrogen) atoms. The number of halogens is 1. The van der Waals surface area contributed by atoms with E-state index in [2.05, 4.69) is 0 Å². The Hall–Kier alpha value is -1.67. The van der Waals surface area contributed by atoms with E-state index in [9.17, 15) is 0 Å². The van der Waals surface area contributed by atoms with Crippen molar-refractivity contribution in [2.24, 2.45) is 0 Å². The van der Waals surface area contributed by atoms with Gasteiger partial charge in [0.15, 0.2) is 0 Å². The number of ether oxygens (including phenoxy) is 2. The molecule has 0 unspecified atom stereocenters. The summed E-state index contributed by atoms with van der Waals surface area (Å²) in [5.74, 6) is 2.71. The Morgan fingerprint density at radius 2 is 1.76 bits per heavy atom.